The van der Waals surface area contributed by atoms with Crippen molar-refractivity contribution in [3.63, 3.8) is 0 Å². The molecule has 1 amide bonds. The van der Waals surface area contributed by atoms with E-state index in [2.05, 4.69) is 10.1 Å². The van der Waals surface area contributed by atoms with Crippen molar-refractivity contribution in [1.82, 2.24) is 5.32 Å². The fourth-order valence-corrected chi connectivity index (χ4v) is 1.21. The first-order chi connectivity index (χ1) is 7.04. The monoisotopic (exact) mass is 213 g/mol. The minimum Gasteiger partial charge on any atom is -0.446 e. The highest BCUT2D eigenvalue weighted by Gasteiger charge is 2.36. The van der Waals surface area contributed by atoms with E-state index in [1.807, 2.05) is 0 Å². The van der Waals surface area contributed by atoms with Crippen LogP contribution in [0.2, 0.25) is 0 Å². The van der Waals surface area contributed by atoms with Crippen LogP contribution >= 0.6 is 0 Å². The maximum absolute atomic E-state index is 11.1. The molecule has 6 heteroatoms. The van der Waals surface area contributed by atoms with Crippen LogP contribution in [0.4, 0.5) is 0 Å². The fraction of sp³-hybridized carbons (Fsp3) is 0.556. The molecule has 1 fully saturated rings. The van der Waals surface area contributed by atoms with E-state index in [9.17, 15) is 19.2 Å². The van der Waals surface area contributed by atoms with Gasteiger partial charge < -0.3 is 10.1 Å². The third-order valence-corrected chi connectivity index (χ3v) is 2.04. The molecule has 0 spiro atoms. The molecule has 0 bridgehead atoms. The van der Waals surface area contributed by atoms with Crippen LogP contribution < -0.4 is 5.32 Å². The van der Waals surface area contributed by atoms with E-state index in [1.54, 1.807) is 0 Å². The number of ether oxygens (including phenoxy) is 1. The Bertz CT molecular complexity index is 306. The van der Waals surface area contributed by atoms with Gasteiger partial charge >= 0.3 is 5.97 Å². The van der Waals surface area contributed by atoms with Crippen molar-refractivity contribution in [2.75, 3.05) is 7.05 Å². The summed E-state index contributed by atoms with van der Waals surface area (Å²) in [5.74, 6) is -2.17. The molecule has 15 heavy (non-hydrogen) atoms. The van der Waals surface area contributed by atoms with Gasteiger partial charge in [-0.05, 0) is 0 Å². The Hall–Kier alpha value is -1.72. The topological polar surface area (TPSA) is 89.5 Å². The number of amides is 1. The van der Waals surface area contributed by atoms with Gasteiger partial charge in [0, 0.05) is 19.9 Å². The summed E-state index contributed by atoms with van der Waals surface area (Å²) >= 11 is 0. The number of nitrogens with one attached hydrogen (secondary N) is 1. The summed E-state index contributed by atoms with van der Waals surface area (Å²) in [6.07, 6.45) is -1.55. The highest BCUT2D eigenvalue weighted by molar-refractivity contribution is 6.12. The maximum atomic E-state index is 11.1. The zero-order chi connectivity index (χ0) is 11.4. The number of ketones is 2. The summed E-state index contributed by atoms with van der Waals surface area (Å²) in [5.41, 5.74) is 0. The van der Waals surface area contributed by atoms with Gasteiger partial charge in [-0.2, -0.15) is 0 Å². The van der Waals surface area contributed by atoms with Crippen molar-refractivity contribution in [2.24, 2.45) is 0 Å². The Morgan fingerprint density at radius 2 is 1.87 bits per heavy atom. The van der Waals surface area contributed by atoms with Gasteiger partial charge in [0.15, 0.2) is 11.6 Å². The van der Waals surface area contributed by atoms with Gasteiger partial charge in [-0.1, -0.05) is 0 Å². The predicted octanol–water partition coefficient (Wildman–Crippen LogP) is -1.03. The molecule has 0 atom stereocenters. The van der Waals surface area contributed by atoms with Crippen LogP contribution in [0.1, 0.15) is 19.3 Å². The minimum atomic E-state index is -1.29. The molecule has 0 saturated heterocycles. The average Bonchev–Trinajstić information content (AvgIpc) is 2.49. The van der Waals surface area contributed by atoms with Crippen molar-refractivity contribution in [1.29, 1.82) is 0 Å². The lowest BCUT2D eigenvalue weighted by Crippen LogP contribution is -2.31. The number of hydrogen-bond donors (Lipinski definition) is 1. The Labute approximate surface area is 86.0 Å². The summed E-state index contributed by atoms with van der Waals surface area (Å²) in [4.78, 5) is 44.0. The molecule has 1 aliphatic carbocycles. The summed E-state index contributed by atoms with van der Waals surface area (Å²) in [6.45, 7) is 0. The molecule has 1 saturated carbocycles. The number of rotatable bonds is 3. The maximum Gasteiger partial charge on any atom is 0.316 e. The van der Waals surface area contributed by atoms with E-state index in [4.69, 9.17) is 0 Å². The first-order valence-electron chi connectivity index (χ1n) is 4.50. The largest absolute Gasteiger partial charge is 0.446 e. The smallest absolute Gasteiger partial charge is 0.316 e. The number of esters is 1. The molecular weight excluding hydrogens is 202 g/mol. The summed E-state index contributed by atoms with van der Waals surface area (Å²) in [5, 5.41) is 2.23. The number of carbonyl (C=O) groups is 4. The average molecular weight is 213 g/mol. The second-order valence-corrected chi connectivity index (χ2v) is 3.15. The third-order valence-electron chi connectivity index (χ3n) is 2.04. The van der Waals surface area contributed by atoms with Crippen molar-refractivity contribution in [3.8, 4) is 0 Å². The molecule has 1 N–H and O–H groups in total. The first-order valence-corrected chi connectivity index (χ1v) is 4.50. The van der Waals surface area contributed by atoms with Gasteiger partial charge in [-0.3, -0.25) is 19.2 Å². The van der Waals surface area contributed by atoms with Gasteiger partial charge in [-0.25, -0.2) is 0 Å². The van der Waals surface area contributed by atoms with Crippen LogP contribution in [-0.2, 0) is 23.9 Å². The Morgan fingerprint density at radius 3 is 2.33 bits per heavy atom. The highest BCUT2D eigenvalue weighted by atomic mass is 16.6. The zero-order valence-corrected chi connectivity index (χ0v) is 8.24. The second kappa shape index (κ2) is 4.68. The van der Waals surface area contributed by atoms with Crippen LogP contribution in [0, 0.1) is 0 Å². The van der Waals surface area contributed by atoms with E-state index < -0.39 is 36.0 Å². The molecule has 0 aromatic heterocycles. The zero-order valence-electron chi connectivity index (χ0n) is 8.24. The number of Topliss-reactive ketones (excluding diaryl/α,β-unsaturated/α-hetero) is 2. The van der Waals surface area contributed by atoms with Crippen molar-refractivity contribution in [2.45, 2.75) is 25.4 Å². The predicted molar refractivity (Wildman–Crippen MR) is 47.8 cm³/mol. The fourth-order valence-electron chi connectivity index (χ4n) is 1.21. The highest BCUT2D eigenvalue weighted by Crippen LogP contribution is 2.14. The summed E-state index contributed by atoms with van der Waals surface area (Å²) in [6, 6.07) is 0. The van der Waals surface area contributed by atoms with Crippen LogP contribution in [0.15, 0.2) is 0 Å². The lowest BCUT2D eigenvalue weighted by atomic mass is 10.3. The summed E-state index contributed by atoms with van der Waals surface area (Å²) < 4.78 is 4.61. The van der Waals surface area contributed by atoms with Crippen molar-refractivity contribution in [3.05, 3.63) is 0 Å². The quantitative estimate of drug-likeness (QED) is 0.478. The van der Waals surface area contributed by atoms with E-state index >= 15 is 0 Å². The first kappa shape index (κ1) is 11.4. The van der Waals surface area contributed by atoms with E-state index in [1.165, 1.54) is 7.05 Å². The Morgan fingerprint density at radius 1 is 1.33 bits per heavy atom. The van der Waals surface area contributed by atoms with E-state index in [0.29, 0.717) is 0 Å². The molecule has 0 radical (unpaired) electrons. The van der Waals surface area contributed by atoms with E-state index in [0.717, 1.165) is 0 Å². The van der Waals surface area contributed by atoms with Gasteiger partial charge in [0.25, 0.3) is 0 Å². The summed E-state index contributed by atoms with van der Waals surface area (Å²) in [7, 11) is 1.38. The minimum absolute atomic E-state index is 0.108. The molecule has 82 valence electrons. The van der Waals surface area contributed by atoms with Gasteiger partial charge in [0.05, 0.1) is 0 Å². The van der Waals surface area contributed by atoms with Crippen LogP contribution in [0.3, 0.4) is 0 Å². The molecule has 0 aromatic carbocycles. The Kier molecular flexibility index (Phi) is 3.54. The molecule has 1 rings (SSSR count). The molecule has 1 aliphatic rings. The molecule has 6 nitrogen and oxygen atoms in total. The molecule has 0 unspecified atom stereocenters. The van der Waals surface area contributed by atoms with Crippen LogP contribution in [-0.4, -0.2) is 36.6 Å². The lowest BCUT2D eigenvalue weighted by molar-refractivity contribution is -0.158. The normalized spacial score (nSPS) is 16.6. The van der Waals surface area contributed by atoms with Crippen molar-refractivity contribution < 1.29 is 23.9 Å². The molecular formula is C9H11NO5. The lowest BCUT2D eigenvalue weighted by Gasteiger charge is -2.08. The number of carbonyl (C=O) groups excluding carboxylic acids is 4. The Balaban J connectivity index is 2.47. The SMILES string of the molecule is CNC(=O)CC(=O)OC1C(=O)CCC1=O. The second-order valence-electron chi connectivity index (χ2n) is 3.15. The van der Waals surface area contributed by atoms with Gasteiger partial charge in [0.2, 0.25) is 12.0 Å². The van der Waals surface area contributed by atoms with Crippen LogP contribution in [0.25, 0.3) is 0 Å². The van der Waals surface area contributed by atoms with E-state index in [-0.39, 0.29) is 12.8 Å². The third kappa shape index (κ3) is 2.87. The molecule has 0 aliphatic heterocycles. The van der Waals surface area contributed by atoms with Gasteiger partial charge in [0.1, 0.15) is 6.42 Å². The standard InChI is InChI=1S/C9H11NO5/c1-10-7(13)4-8(14)15-9-5(11)2-3-6(9)12/h9H,2-4H2,1H3,(H,10,13). The van der Waals surface area contributed by atoms with Crippen molar-refractivity contribution >= 4 is 23.4 Å². The number of hydrogen-bond acceptors (Lipinski definition) is 5. The molecule has 0 heterocycles. The van der Waals surface area contributed by atoms with Crippen LogP contribution in [0.5, 0.6) is 0 Å². The molecule has 0 aromatic rings. The van der Waals surface area contributed by atoms with Gasteiger partial charge in [-0.15, -0.1) is 0 Å².